The monoisotopic (exact) mass is 291 g/mol. The zero-order chi connectivity index (χ0) is 14.5. The maximum Gasteiger partial charge on any atom is 0.315 e. The maximum atomic E-state index is 11.7. The van der Waals surface area contributed by atoms with Gasteiger partial charge in [-0.15, -0.1) is 0 Å². The molecule has 2 rings (SSSR count). The van der Waals surface area contributed by atoms with Crippen LogP contribution in [0.4, 0.5) is 5.69 Å². The second kappa shape index (κ2) is 6.16. The summed E-state index contributed by atoms with van der Waals surface area (Å²) in [6.07, 6.45) is 0.0423. The number of non-ortho nitro benzene ring substituents is 1. The molecule has 0 aromatic heterocycles. The first-order valence-corrected chi connectivity index (χ1v) is 6.12. The van der Waals surface area contributed by atoms with Gasteiger partial charge in [0.1, 0.15) is 5.75 Å². The lowest BCUT2D eigenvalue weighted by Gasteiger charge is -2.04. The van der Waals surface area contributed by atoms with Crippen molar-refractivity contribution in [2.45, 2.75) is 6.42 Å². The van der Waals surface area contributed by atoms with Gasteiger partial charge in [0.25, 0.3) is 5.69 Å². The van der Waals surface area contributed by atoms with E-state index in [9.17, 15) is 14.9 Å². The second-order valence-corrected chi connectivity index (χ2v) is 4.46. The van der Waals surface area contributed by atoms with E-state index in [4.69, 9.17) is 16.3 Å². The molecule has 0 fully saturated rings. The van der Waals surface area contributed by atoms with E-state index in [1.54, 1.807) is 24.3 Å². The first-order chi connectivity index (χ1) is 9.54. The molecule has 5 nitrogen and oxygen atoms in total. The Bertz CT molecular complexity index is 623. The van der Waals surface area contributed by atoms with Gasteiger partial charge in [-0.3, -0.25) is 14.9 Å². The summed E-state index contributed by atoms with van der Waals surface area (Å²) in [7, 11) is 0. The minimum absolute atomic E-state index is 0.0141. The molecule has 0 aliphatic heterocycles. The SMILES string of the molecule is O=C(Cc1ccc([N+](=O)[O-])cc1)Oc1ccc(Cl)cc1. The van der Waals surface area contributed by atoms with Crippen LogP contribution in [0.2, 0.25) is 5.02 Å². The van der Waals surface area contributed by atoms with Gasteiger partial charge in [-0.25, -0.2) is 0 Å². The van der Waals surface area contributed by atoms with Gasteiger partial charge in [0.05, 0.1) is 11.3 Å². The smallest absolute Gasteiger partial charge is 0.315 e. The Morgan fingerprint density at radius 1 is 1.10 bits per heavy atom. The van der Waals surface area contributed by atoms with E-state index in [1.165, 1.54) is 24.3 Å². The highest BCUT2D eigenvalue weighted by Crippen LogP contribution is 2.17. The first kappa shape index (κ1) is 14.0. The third kappa shape index (κ3) is 3.80. The van der Waals surface area contributed by atoms with Gasteiger partial charge in [0.2, 0.25) is 0 Å². The minimum Gasteiger partial charge on any atom is -0.426 e. The highest BCUT2D eigenvalue weighted by Gasteiger charge is 2.09. The molecule has 6 heteroatoms. The molecular weight excluding hydrogens is 282 g/mol. The van der Waals surface area contributed by atoms with Crippen molar-refractivity contribution in [1.29, 1.82) is 0 Å². The van der Waals surface area contributed by atoms with Gasteiger partial charge in [0.15, 0.2) is 0 Å². The molecule has 0 atom stereocenters. The molecule has 0 aliphatic rings. The summed E-state index contributed by atoms with van der Waals surface area (Å²) < 4.78 is 5.12. The molecule has 102 valence electrons. The highest BCUT2D eigenvalue weighted by atomic mass is 35.5. The van der Waals surface area contributed by atoms with E-state index < -0.39 is 10.9 Å². The number of carbonyl (C=O) groups is 1. The summed E-state index contributed by atoms with van der Waals surface area (Å²) in [6.45, 7) is 0. The van der Waals surface area contributed by atoms with E-state index in [-0.39, 0.29) is 12.1 Å². The van der Waals surface area contributed by atoms with Crippen LogP contribution in [0.3, 0.4) is 0 Å². The number of halogens is 1. The second-order valence-electron chi connectivity index (χ2n) is 4.03. The van der Waals surface area contributed by atoms with Crippen LogP contribution in [0.25, 0.3) is 0 Å². The van der Waals surface area contributed by atoms with E-state index in [0.29, 0.717) is 16.3 Å². The van der Waals surface area contributed by atoms with Crippen molar-refractivity contribution in [3.63, 3.8) is 0 Å². The van der Waals surface area contributed by atoms with E-state index in [2.05, 4.69) is 0 Å². The molecule has 0 aliphatic carbocycles. The summed E-state index contributed by atoms with van der Waals surface area (Å²) in [5.41, 5.74) is 0.634. The standard InChI is InChI=1S/C14H10ClNO4/c15-11-3-7-13(8-4-11)20-14(17)9-10-1-5-12(6-2-10)16(18)19/h1-8H,9H2. The molecular formula is C14H10ClNO4. The third-order valence-corrected chi connectivity index (χ3v) is 2.79. The maximum absolute atomic E-state index is 11.7. The Hall–Kier alpha value is -2.40. The van der Waals surface area contributed by atoms with E-state index in [1.807, 2.05) is 0 Å². The van der Waals surface area contributed by atoms with Crippen LogP contribution in [-0.4, -0.2) is 10.9 Å². The largest absolute Gasteiger partial charge is 0.426 e. The molecule has 0 radical (unpaired) electrons. The van der Waals surface area contributed by atoms with Crippen molar-refractivity contribution < 1.29 is 14.5 Å². The molecule has 0 saturated carbocycles. The van der Waals surface area contributed by atoms with Gasteiger partial charge in [-0.1, -0.05) is 23.7 Å². The van der Waals surface area contributed by atoms with Crippen LogP contribution in [-0.2, 0) is 11.2 Å². The summed E-state index contributed by atoms with van der Waals surface area (Å²) in [5.74, 6) is -0.0394. The number of hydrogen-bond donors (Lipinski definition) is 0. The summed E-state index contributed by atoms with van der Waals surface area (Å²) in [4.78, 5) is 21.7. The zero-order valence-corrected chi connectivity index (χ0v) is 11.0. The van der Waals surface area contributed by atoms with Gasteiger partial charge in [-0.05, 0) is 29.8 Å². The Labute approximate surface area is 119 Å². The summed E-state index contributed by atoms with van der Waals surface area (Å²) in [5, 5.41) is 11.1. The minimum atomic E-state index is -0.490. The lowest BCUT2D eigenvalue weighted by Crippen LogP contribution is -2.11. The average Bonchev–Trinajstić information content (AvgIpc) is 2.42. The van der Waals surface area contributed by atoms with Crippen LogP contribution in [0.5, 0.6) is 5.75 Å². The van der Waals surface area contributed by atoms with E-state index in [0.717, 1.165) is 0 Å². The van der Waals surface area contributed by atoms with Gasteiger partial charge < -0.3 is 4.74 Å². The fourth-order valence-electron chi connectivity index (χ4n) is 1.57. The van der Waals surface area contributed by atoms with Crippen LogP contribution in [0, 0.1) is 10.1 Å². The van der Waals surface area contributed by atoms with Crippen molar-refractivity contribution in [2.75, 3.05) is 0 Å². The highest BCUT2D eigenvalue weighted by molar-refractivity contribution is 6.30. The Balaban J connectivity index is 1.97. The number of benzene rings is 2. The summed E-state index contributed by atoms with van der Waals surface area (Å²) in [6, 6.07) is 12.2. The zero-order valence-electron chi connectivity index (χ0n) is 10.3. The number of hydrogen-bond acceptors (Lipinski definition) is 4. The number of nitrogens with zero attached hydrogens (tertiary/aromatic N) is 1. The predicted octanol–water partition coefficient (Wildman–Crippen LogP) is 3.40. The first-order valence-electron chi connectivity index (χ1n) is 5.74. The average molecular weight is 292 g/mol. The molecule has 0 heterocycles. The topological polar surface area (TPSA) is 69.4 Å². The molecule has 0 saturated heterocycles. The molecule has 0 N–H and O–H groups in total. The lowest BCUT2D eigenvalue weighted by molar-refractivity contribution is -0.384. The Morgan fingerprint density at radius 3 is 2.25 bits per heavy atom. The lowest BCUT2D eigenvalue weighted by atomic mass is 10.1. The van der Waals surface area contributed by atoms with Crippen molar-refractivity contribution in [3.05, 3.63) is 69.2 Å². The Morgan fingerprint density at radius 2 is 1.70 bits per heavy atom. The van der Waals surface area contributed by atoms with Crippen molar-refractivity contribution in [3.8, 4) is 5.75 Å². The quantitative estimate of drug-likeness (QED) is 0.375. The van der Waals surface area contributed by atoms with Crippen LogP contribution in [0.1, 0.15) is 5.56 Å². The van der Waals surface area contributed by atoms with Crippen LogP contribution in [0.15, 0.2) is 48.5 Å². The van der Waals surface area contributed by atoms with E-state index >= 15 is 0 Å². The summed E-state index contributed by atoms with van der Waals surface area (Å²) >= 11 is 5.72. The van der Waals surface area contributed by atoms with Crippen LogP contribution < -0.4 is 4.74 Å². The number of nitro groups is 1. The fourth-order valence-corrected chi connectivity index (χ4v) is 1.70. The van der Waals surface area contributed by atoms with Gasteiger partial charge >= 0.3 is 5.97 Å². The fraction of sp³-hybridized carbons (Fsp3) is 0.0714. The normalized spacial score (nSPS) is 10.1. The number of nitro benzene ring substituents is 1. The number of rotatable bonds is 4. The third-order valence-electron chi connectivity index (χ3n) is 2.54. The Kier molecular flexibility index (Phi) is 4.32. The predicted molar refractivity (Wildman–Crippen MR) is 73.9 cm³/mol. The van der Waals surface area contributed by atoms with Crippen molar-refractivity contribution in [1.82, 2.24) is 0 Å². The van der Waals surface area contributed by atoms with Crippen molar-refractivity contribution in [2.24, 2.45) is 0 Å². The molecule has 20 heavy (non-hydrogen) atoms. The van der Waals surface area contributed by atoms with Crippen molar-refractivity contribution >= 4 is 23.3 Å². The van der Waals surface area contributed by atoms with Gasteiger partial charge in [-0.2, -0.15) is 0 Å². The molecule has 2 aromatic carbocycles. The number of ether oxygens (including phenoxy) is 1. The molecule has 2 aromatic rings. The van der Waals surface area contributed by atoms with Gasteiger partial charge in [0, 0.05) is 17.2 Å². The number of carbonyl (C=O) groups excluding carboxylic acids is 1. The van der Waals surface area contributed by atoms with Crippen LogP contribution >= 0.6 is 11.6 Å². The number of esters is 1. The molecule has 0 amide bonds. The molecule has 0 unspecified atom stereocenters. The molecule has 0 spiro atoms. The molecule has 0 bridgehead atoms.